The summed E-state index contributed by atoms with van der Waals surface area (Å²) in [5.41, 5.74) is 0.977. The molecule has 1 aromatic carbocycles. The molecule has 0 bridgehead atoms. The van der Waals surface area contributed by atoms with E-state index >= 15 is 0 Å². The van der Waals surface area contributed by atoms with E-state index in [1.807, 2.05) is 0 Å². The van der Waals surface area contributed by atoms with E-state index in [-0.39, 0.29) is 24.2 Å². The fourth-order valence-electron chi connectivity index (χ4n) is 3.17. The van der Waals surface area contributed by atoms with E-state index in [2.05, 4.69) is 22.9 Å². The Morgan fingerprint density at radius 2 is 2.19 bits per heavy atom. The Hall–Kier alpha value is -1.34. The van der Waals surface area contributed by atoms with Gasteiger partial charge >= 0.3 is 0 Å². The molecule has 152 valence electrons. The van der Waals surface area contributed by atoms with Crippen LogP contribution in [0.15, 0.2) is 18.2 Å². The predicted molar refractivity (Wildman–Crippen MR) is 111 cm³/mol. The van der Waals surface area contributed by atoms with Gasteiger partial charge in [0, 0.05) is 25.8 Å². The molecule has 1 aromatic rings. The van der Waals surface area contributed by atoms with Gasteiger partial charge in [0.25, 0.3) is 5.91 Å². The van der Waals surface area contributed by atoms with Crippen LogP contribution in [-0.2, 0) is 9.53 Å². The first-order valence-electron chi connectivity index (χ1n) is 9.08. The minimum absolute atomic E-state index is 0. The summed E-state index contributed by atoms with van der Waals surface area (Å²) < 4.78 is 4.90. The van der Waals surface area contributed by atoms with E-state index in [4.69, 9.17) is 16.3 Å². The molecule has 1 fully saturated rings. The van der Waals surface area contributed by atoms with Gasteiger partial charge in [-0.15, -0.1) is 12.4 Å². The standard InChI is InChI=1S/C19H28ClN3O3.ClH/c1-13(14-4-3-7-21-12-14)10-18(24)23-15-5-6-16(17(20)11-15)19(25)22-8-9-26-2;/h5-6,11,13-14,21H,3-4,7-10,12H2,1-2H3,(H,22,25)(H,23,24);1H. The molecular weight excluding hydrogens is 389 g/mol. The van der Waals surface area contributed by atoms with Crippen molar-refractivity contribution < 1.29 is 14.3 Å². The number of carbonyl (C=O) groups excluding carboxylic acids is 2. The molecular formula is C19H29Cl2N3O3. The highest BCUT2D eigenvalue weighted by molar-refractivity contribution is 6.34. The van der Waals surface area contributed by atoms with E-state index < -0.39 is 0 Å². The van der Waals surface area contributed by atoms with E-state index in [1.54, 1.807) is 25.3 Å². The Bertz CT molecular complexity index is 622. The first kappa shape index (κ1) is 23.7. The van der Waals surface area contributed by atoms with Crippen LogP contribution in [0.5, 0.6) is 0 Å². The van der Waals surface area contributed by atoms with Gasteiger partial charge in [0.15, 0.2) is 0 Å². The third-order valence-electron chi connectivity index (χ3n) is 4.74. The lowest BCUT2D eigenvalue weighted by Gasteiger charge is -2.28. The molecule has 27 heavy (non-hydrogen) atoms. The van der Waals surface area contributed by atoms with E-state index in [0.29, 0.717) is 47.7 Å². The third-order valence-corrected chi connectivity index (χ3v) is 5.05. The molecule has 0 radical (unpaired) electrons. The monoisotopic (exact) mass is 417 g/mol. The molecule has 1 heterocycles. The summed E-state index contributed by atoms with van der Waals surface area (Å²) in [6, 6.07) is 4.92. The van der Waals surface area contributed by atoms with Crippen molar-refractivity contribution in [2.24, 2.45) is 11.8 Å². The Morgan fingerprint density at radius 1 is 1.41 bits per heavy atom. The molecule has 8 heteroatoms. The number of hydrogen-bond donors (Lipinski definition) is 3. The number of anilines is 1. The number of methoxy groups -OCH3 is 1. The van der Waals surface area contributed by atoms with Crippen molar-refractivity contribution in [2.45, 2.75) is 26.2 Å². The number of amides is 2. The lowest BCUT2D eigenvalue weighted by atomic mass is 9.85. The van der Waals surface area contributed by atoms with E-state index in [0.717, 1.165) is 13.1 Å². The van der Waals surface area contributed by atoms with Crippen molar-refractivity contribution >= 4 is 41.5 Å². The average Bonchev–Trinajstić information content (AvgIpc) is 2.62. The Labute approximate surface area is 172 Å². The highest BCUT2D eigenvalue weighted by Crippen LogP contribution is 2.24. The summed E-state index contributed by atoms with van der Waals surface area (Å²) in [5.74, 6) is 0.570. The zero-order chi connectivity index (χ0) is 18.9. The molecule has 6 nitrogen and oxygen atoms in total. The Kier molecular flexibility index (Phi) is 10.7. The van der Waals surface area contributed by atoms with Crippen molar-refractivity contribution in [3.8, 4) is 0 Å². The summed E-state index contributed by atoms with van der Waals surface area (Å²) >= 11 is 6.20. The van der Waals surface area contributed by atoms with Crippen LogP contribution in [-0.4, -0.2) is 45.2 Å². The smallest absolute Gasteiger partial charge is 0.252 e. The average molecular weight is 418 g/mol. The molecule has 0 saturated carbocycles. The van der Waals surface area contributed by atoms with Crippen LogP contribution < -0.4 is 16.0 Å². The number of piperidine rings is 1. The van der Waals surface area contributed by atoms with Crippen LogP contribution in [0.4, 0.5) is 5.69 Å². The second kappa shape index (κ2) is 12.2. The van der Waals surface area contributed by atoms with Crippen LogP contribution >= 0.6 is 24.0 Å². The van der Waals surface area contributed by atoms with Crippen LogP contribution in [0.3, 0.4) is 0 Å². The van der Waals surface area contributed by atoms with Gasteiger partial charge in [-0.05, 0) is 56.0 Å². The molecule has 2 atom stereocenters. The topological polar surface area (TPSA) is 79.5 Å². The van der Waals surface area contributed by atoms with Gasteiger partial charge < -0.3 is 20.7 Å². The highest BCUT2D eigenvalue weighted by atomic mass is 35.5. The number of rotatable bonds is 8. The van der Waals surface area contributed by atoms with Crippen molar-refractivity contribution in [2.75, 3.05) is 38.7 Å². The summed E-state index contributed by atoms with van der Waals surface area (Å²) in [7, 11) is 1.57. The maximum atomic E-state index is 12.3. The van der Waals surface area contributed by atoms with Gasteiger partial charge in [0.1, 0.15) is 0 Å². The molecule has 2 amide bonds. The molecule has 1 aliphatic heterocycles. The maximum absolute atomic E-state index is 12.3. The van der Waals surface area contributed by atoms with Crippen molar-refractivity contribution in [3.63, 3.8) is 0 Å². The third kappa shape index (κ3) is 7.66. The Morgan fingerprint density at radius 3 is 2.81 bits per heavy atom. The number of ether oxygens (including phenoxy) is 1. The first-order chi connectivity index (χ1) is 12.5. The minimum atomic E-state index is -0.261. The highest BCUT2D eigenvalue weighted by Gasteiger charge is 2.22. The fourth-order valence-corrected chi connectivity index (χ4v) is 3.44. The fraction of sp³-hybridized carbons (Fsp3) is 0.579. The van der Waals surface area contributed by atoms with Gasteiger partial charge in [-0.25, -0.2) is 0 Å². The van der Waals surface area contributed by atoms with Crippen LogP contribution in [0.1, 0.15) is 36.5 Å². The summed E-state index contributed by atoms with van der Waals surface area (Å²) in [6.07, 6.45) is 2.81. The molecule has 1 aliphatic rings. The Balaban J connectivity index is 0.00000364. The molecule has 0 spiro atoms. The zero-order valence-electron chi connectivity index (χ0n) is 15.8. The first-order valence-corrected chi connectivity index (χ1v) is 9.46. The zero-order valence-corrected chi connectivity index (χ0v) is 17.4. The number of nitrogens with one attached hydrogen (secondary N) is 3. The van der Waals surface area contributed by atoms with Crippen molar-refractivity contribution in [1.29, 1.82) is 0 Å². The number of benzene rings is 1. The second-order valence-electron chi connectivity index (χ2n) is 6.78. The number of carbonyl (C=O) groups is 2. The lowest BCUT2D eigenvalue weighted by Crippen LogP contribution is -2.34. The summed E-state index contributed by atoms with van der Waals surface area (Å²) in [4.78, 5) is 24.4. The van der Waals surface area contributed by atoms with Crippen LogP contribution in [0.25, 0.3) is 0 Å². The largest absolute Gasteiger partial charge is 0.383 e. The predicted octanol–water partition coefficient (Wildman–Crippen LogP) is 3.10. The lowest BCUT2D eigenvalue weighted by molar-refractivity contribution is -0.117. The van der Waals surface area contributed by atoms with E-state index in [1.165, 1.54) is 12.8 Å². The maximum Gasteiger partial charge on any atom is 0.252 e. The van der Waals surface area contributed by atoms with Gasteiger partial charge in [-0.3, -0.25) is 9.59 Å². The van der Waals surface area contributed by atoms with Gasteiger partial charge in [-0.1, -0.05) is 18.5 Å². The SMILES string of the molecule is COCCNC(=O)c1ccc(NC(=O)CC(C)C2CCCNC2)cc1Cl.Cl. The normalized spacial score (nSPS) is 17.5. The van der Waals surface area contributed by atoms with Crippen LogP contribution in [0.2, 0.25) is 5.02 Å². The van der Waals surface area contributed by atoms with Gasteiger partial charge in [0.05, 0.1) is 17.2 Å². The van der Waals surface area contributed by atoms with Crippen molar-refractivity contribution in [3.05, 3.63) is 28.8 Å². The summed E-state index contributed by atoms with van der Waals surface area (Å²) in [5, 5.41) is 9.29. The number of hydrogen-bond acceptors (Lipinski definition) is 4. The molecule has 2 rings (SSSR count). The van der Waals surface area contributed by atoms with Crippen LogP contribution in [0, 0.1) is 11.8 Å². The number of halogens is 2. The van der Waals surface area contributed by atoms with Crippen molar-refractivity contribution in [1.82, 2.24) is 10.6 Å². The minimum Gasteiger partial charge on any atom is -0.383 e. The summed E-state index contributed by atoms with van der Waals surface area (Å²) in [6.45, 7) is 5.02. The molecule has 0 aliphatic carbocycles. The second-order valence-corrected chi connectivity index (χ2v) is 7.19. The molecule has 3 N–H and O–H groups in total. The van der Waals surface area contributed by atoms with Gasteiger partial charge in [0.2, 0.25) is 5.91 Å². The molecule has 0 aromatic heterocycles. The quantitative estimate of drug-likeness (QED) is 0.567. The molecule has 1 saturated heterocycles. The van der Waals surface area contributed by atoms with E-state index in [9.17, 15) is 9.59 Å². The van der Waals surface area contributed by atoms with Gasteiger partial charge in [-0.2, -0.15) is 0 Å². The molecule has 2 unspecified atom stereocenters.